The van der Waals surface area contributed by atoms with Crippen molar-refractivity contribution in [2.75, 3.05) is 5.32 Å². The van der Waals surface area contributed by atoms with Gasteiger partial charge in [0.15, 0.2) is 0 Å². The first kappa shape index (κ1) is 14.2. The van der Waals surface area contributed by atoms with E-state index in [-0.39, 0.29) is 0 Å². The lowest BCUT2D eigenvalue weighted by Crippen LogP contribution is -2.05. The predicted octanol–water partition coefficient (Wildman–Crippen LogP) is 3.27. The Labute approximate surface area is 139 Å². The summed E-state index contributed by atoms with van der Waals surface area (Å²) in [6.45, 7) is 0.649. The lowest BCUT2D eigenvalue weighted by Gasteiger charge is -2.11. The Hall–Kier alpha value is -3.41. The highest BCUT2D eigenvalue weighted by Crippen LogP contribution is 2.21. The van der Waals surface area contributed by atoms with Gasteiger partial charge in [0.1, 0.15) is 0 Å². The van der Waals surface area contributed by atoms with Crippen molar-refractivity contribution in [3.8, 4) is 16.9 Å². The summed E-state index contributed by atoms with van der Waals surface area (Å²) in [7, 11) is 0. The van der Waals surface area contributed by atoms with Crippen molar-refractivity contribution >= 4 is 5.69 Å². The molecule has 0 aliphatic heterocycles. The van der Waals surface area contributed by atoms with Gasteiger partial charge in [-0.2, -0.15) is 10.2 Å². The fourth-order valence-corrected chi connectivity index (χ4v) is 2.55. The fraction of sp³-hybridized carbons (Fsp3) is 0.0556. The van der Waals surface area contributed by atoms with Crippen molar-refractivity contribution in [2.45, 2.75) is 6.54 Å². The molecule has 3 heterocycles. The topological polar surface area (TPSA) is 71.4 Å². The van der Waals surface area contributed by atoms with Gasteiger partial charge < -0.3 is 5.32 Å². The number of benzene rings is 1. The fourth-order valence-electron chi connectivity index (χ4n) is 2.55. The lowest BCUT2D eigenvalue weighted by atomic mass is 10.2. The first-order valence-electron chi connectivity index (χ1n) is 7.68. The van der Waals surface area contributed by atoms with E-state index in [1.807, 2.05) is 59.4 Å². The predicted molar refractivity (Wildman–Crippen MR) is 92.7 cm³/mol. The summed E-state index contributed by atoms with van der Waals surface area (Å²) in [6, 6.07) is 15.9. The van der Waals surface area contributed by atoms with Crippen LogP contribution in [0.25, 0.3) is 16.9 Å². The van der Waals surface area contributed by atoms with E-state index in [4.69, 9.17) is 0 Å². The number of aromatic amines is 1. The monoisotopic (exact) mass is 316 g/mol. The molecule has 0 amide bonds. The molecular weight excluding hydrogens is 300 g/mol. The Morgan fingerprint density at radius 3 is 2.71 bits per heavy atom. The van der Waals surface area contributed by atoms with Crippen LogP contribution in [0.3, 0.4) is 0 Å². The van der Waals surface area contributed by atoms with E-state index in [9.17, 15) is 0 Å². The zero-order valence-corrected chi connectivity index (χ0v) is 12.9. The molecule has 1 aromatic carbocycles. The molecule has 0 fully saturated rings. The van der Waals surface area contributed by atoms with E-state index < -0.39 is 0 Å². The molecule has 24 heavy (non-hydrogen) atoms. The van der Waals surface area contributed by atoms with Crippen LogP contribution in [0.4, 0.5) is 5.69 Å². The summed E-state index contributed by atoms with van der Waals surface area (Å²) >= 11 is 0. The van der Waals surface area contributed by atoms with Gasteiger partial charge in [-0.25, -0.2) is 4.68 Å². The standard InChI is InChI=1S/C18H16N6/c1-2-5-18(24-11-3-8-21-24)16(4-1)20-13-15-12-17(23-22-15)14-6-9-19-10-7-14/h1-12,20H,13H2,(H,22,23). The molecule has 3 aromatic heterocycles. The molecule has 0 saturated heterocycles. The number of aromatic nitrogens is 5. The maximum Gasteiger partial charge on any atom is 0.0925 e. The molecule has 0 spiro atoms. The maximum absolute atomic E-state index is 4.36. The molecule has 0 radical (unpaired) electrons. The van der Waals surface area contributed by atoms with Crippen LogP contribution in [0.15, 0.2) is 73.3 Å². The van der Waals surface area contributed by atoms with E-state index in [0.29, 0.717) is 6.54 Å². The molecular formula is C18H16N6. The number of H-pyrrole nitrogens is 1. The molecule has 0 atom stereocenters. The molecule has 4 aromatic rings. The highest BCUT2D eigenvalue weighted by atomic mass is 15.3. The number of nitrogens with zero attached hydrogens (tertiary/aromatic N) is 4. The molecule has 0 aliphatic rings. The summed E-state index contributed by atoms with van der Waals surface area (Å²) < 4.78 is 1.84. The second kappa shape index (κ2) is 6.37. The molecule has 6 nitrogen and oxygen atoms in total. The van der Waals surface area contributed by atoms with Crippen LogP contribution >= 0.6 is 0 Å². The minimum Gasteiger partial charge on any atom is -0.378 e. The second-order valence-electron chi connectivity index (χ2n) is 5.34. The average molecular weight is 316 g/mol. The number of hydrogen-bond donors (Lipinski definition) is 2. The van der Waals surface area contributed by atoms with E-state index >= 15 is 0 Å². The van der Waals surface area contributed by atoms with E-state index in [0.717, 1.165) is 28.3 Å². The van der Waals surface area contributed by atoms with Crippen molar-refractivity contribution < 1.29 is 0 Å². The first-order valence-corrected chi connectivity index (χ1v) is 7.68. The smallest absolute Gasteiger partial charge is 0.0925 e. The first-order chi connectivity index (χ1) is 11.9. The van der Waals surface area contributed by atoms with E-state index in [1.54, 1.807) is 18.6 Å². The van der Waals surface area contributed by atoms with Crippen LogP contribution in [-0.4, -0.2) is 25.0 Å². The number of hydrogen-bond acceptors (Lipinski definition) is 4. The third-order valence-corrected chi connectivity index (χ3v) is 3.73. The molecule has 4 rings (SSSR count). The Bertz CT molecular complexity index is 912. The summed E-state index contributed by atoms with van der Waals surface area (Å²) in [6.07, 6.45) is 7.23. The third-order valence-electron chi connectivity index (χ3n) is 3.73. The van der Waals surface area contributed by atoms with Crippen molar-refractivity contribution in [3.05, 3.63) is 79.0 Å². The van der Waals surface area contributed by atoms with Gasteiger partial charge in [-0.1, -0.05) is 12.1 Å². The van der Waals surface area contributed by atoms with Crippen LogP contribution in [-0.2, 0) is 6.54 Å². The van der Waals surface area contributed by atoms with Crippen molar-refractivity contribution in [1.82, 2.24) is 25.0 Å². The number of anilines is 1. The van der Waals surface area contributed by atoms with Crippen molar-refractivity contribution in [3.63, 3.8) is 0 Å². The van der Waals surface area contributed by atoms with Crippen LogP contribution in [0.1, 0.15) is 5.69 Å². The molecule has 2 N–H and O–H groups in total. The number of rotatable bonds is 5. The highest BCUT2D eigenvalue weighted by molar-refractivity contribution is 5.61. The maximum atomic E-state index is 4.36. The zero-order chi connectivity index (χ0) is 16.2. The highest BCUT2D eigenvalue weighted by Gasteiger charge is 2.06. The van der Waals surface area contributed by atoms with Crippen LogP contribution in [0.2, 0.25) is 0 Å². The minimum atomic E-state index is 0.649. The Morgan fingerprint density at radius 2 is 1.88 bits per heavy atom. The van der Waals surface area contributed by atoms with Crippen LogP contribution < -0.4 is 5.32 Å². The van der Waals surface area contributed by atoms with Gasteiger partial charge in [-0.3, -0.25) is 10.1 Å². The summed E-state index contributed by atoms with van der Waals surface area (Å²) in [4.78, 5) is 4.03. The minimum absolute atomic E-state index is 0.649. The molecule has 6 heteroatoms. The summed E-state index contributed by atoms with van der Waals surface area (Å²) in [5, 5.41) is 15.2. The van der Waals surface area contributed by atoms with E-state index in [2.05, 4.69) is 25.6 Å². The summed E-state index contributed by atoms with van der Waals surface area (Å²) in [5.74, 6) is 0. The van der Waals surface area contributed by atoms with Gasteiger partial charge in [-0.15, -0.1) is 0 Å². The van der Waals surface area contributed by atoms with Gasteiger partial charge >= 0.3 is 0 Å². The van der Waals surface area contributed by atoms with Crippen molar-refractivity contribution in [2.24, 2.45) is 0 Å². The second-order valence-corrected chi connectivity index (χ2v) is 5.34. The van der Waals surface area contributed by atoms with Crippen LogP contribution in [0.5, 0.6) is 0 Å². The van der Waals surface area contributed by atoms with Gasteiger partial charge in [0.2, 0.25) is 0 Å². The van der Waals surface area contributed by atoms with Gasteiger partial charge in [-0.05, 0) is 36.4 Å². The Balaban J connectivity index is 1.51. The van der Waals surface area contributed by atoms with Crippen molar-refractivity contribution in [1.29, 1.82) is 0 Å². The molecule has 0 saturated carbocycles. The average Bonchev–Trinajstić information content (AvgIpc) is 3.33. The molecule has 0 unspecified atom stereocenters. The SMILES string of the molecule is c1ccc(-n2cccn2)c(NCc2cc(-c3ccncc3)n[nH]2)c1. The molecule has 0 bridgehead atoms. The van der Waals surface area contributed by atoms with Gasteiger partial charge in [0.05, 0.1) is 29.3 Å². The molecule has 118 valence electrons. The Kier molecular flexibility index (Phi) is 3.77. The largest absolute Gasteiger partial charge is 0.378 e. The van der Waals surface area contributed by atoms with Gasteiger partial charge in [0, 0.05) is 30.4 Å². The van der Waals surface area contributed by atoms with E-state index in [1.165, 1.54) is 0 Å². The summed E-state index contributed by atoms with van der Waals surface area (Å²) in [5.41, 5.74) is 4.99. The zero-order valence-electron chi connectivity index (χ0n) is 12.9. The third kappa shape index (κ3) is 2.89. The number of pyridine rings is 1. The molecule has 0 aliphatic carbocycles. The number of para-hydroxylation sites is 2. The number of nitrogens with one attached hydrogen (secondary N) is 2. The Morgan fingerprint density at radius 1 is 1.00 bits per heavy atom. The lowest BCUT2D eigenvalue weighted by molar-refractivity contribution is 0.877. The van der Waals surface area contributed by atoms with Crippen LogP contribution in [0, 0.1) is 0 Å². The normalized spacial score (nSPS) is 10.7. The van der Waals surface area contributed by atoms with Gasteiger partial charge in [0.25, 0.3) is 0 Å². The quantitative estimate of drug-likeness (QED) is 0.593.